The third-order valence-electron chi connectivity index (χ3n) is 4.94. The van der Waals surface area contributed by atoms with Crippen molar-refractivity contribution in [1.29, 1.82) is 0 Å². The minimum absolute atomic E-state index is 0.607. The highest BCUT2D eigenvalue weighted by molar-refractivity contribution is 9.10. The van der Waals surface area contributed by atoms with Gasteiger partial charge in [-0.3, -0.25) is 0 Å². The van der Waals surface area contributed by atoms with E-state index in [0.717, 1.165) is 0 Å². The van der Waals surface area contributed by atoms with E-state index in [1.165, 1.54) is 80.2 Å². The van der Waals surface area contributed by atoms with Gasteiger partial charge in [0.15, 0.2) is 0 Å². The van der Waals surface area contributed by atoms with Crippen LogP contribution in [0.25, 0.3) is 0 Å². The second-order valence-electron chi connectivity index (χ2n) is 6.69. The molecule has 1 fully saturated rings. The molecule has 0 aromatic carbocycles. The predicted molar refractivity (Wildman–Crippen MR) is 98.4 cm³/mol. The van der Waals surface area contributed by atoms with Crippen LogP contribution in [0, 0.1) is 12.3 Å². The van der Waals surface area contributed by atoms with E-state index in [-0.39, 0.29) is 0 Å². The molecular formula is C18H30BrNS. The molecular weight excluding hydrogens is 342 g/mol. The van der Waals surface area contributed by atoms with Gasteiger partial charge in [0, 0.05) is 14.2 Å². The quantitative estimate of drug-likeness (QED) is 0.544. The second kappa shape index (κ2) is 8.69. The summed E-state index contributed by atoms with van der Waals surface area (Å²) in [5, 5.41) is 3.61. The standard InChI is InChI=1S/C18H30BrNS/c1-3-12-20-13-11-18(8-5-4-6-9-18)10-7-17-16(19)14-15(2)21-17/h14,20H,3-13H2,1-2H3. The Bertz CT molecular complexity index is 421. The first kappa shape index (κ1) is 17.5. The zero-order valence-electron chi connectivity index (χ0n) is 13.6. The summed E-state index contributed by atoms with van der Waals surface area (Å²) in [5.41, 5.74) is 0.607. The molecule has 1 aliphatic carbocycles. The minimum atomic E-state index is 0.607. The Morgan fingerprint density at radius 1 is 1.19 bits per heavy atom. The molecule has 0 radical (unpaired) electrons. The first-order chi connectivity index (χ1) is 10.2. The highest BCUT2D eigenvalue weighted by atomic mass is 79.9. The molecule has 2 rings (SSSR count). The molecule has 1 aromatic rings. The van der Waals surface area contributed by atoms with Gasteiger partial charge in [0.05, 0.1) is 0 Å². The van der Waals surface area contributed by atoms with Gasteiger partial charge < -0.3 is 5.32 Å². The van der Waals surface area contributed by atoms with Gasteiger partial charge >= 0.3 is 0 Å². The third kappa shape index (κ3) is 5.37. The summed E-state index contributed by atoms with van der Waals surface area (Å²) >= 11 is 5.70. The summed E-state index contributed by atoms with van der Waals surface area (Å²) in [5.74, 6) is 0. The summed E-state index contributed by atoms with van der Waals surface area (Å²) in [4.78, 5) is 2.98. The maximum Gasteiger partial charge on any atom is 0.0317 e. The largest absolute Gasteiger partial charge is 0.317 e. The first-order valence-corrected chi connectivity index (χ1v) is 10.2. The van der Waals surface area contributed by atoms with E-state index < -0.39 is 0 Å². The topological polar surface area (TPSA) is 12.0 Å². The molecule has 0 amide bonds. The van der Waals surface area contributed by atoms with E-state index in [4.69, 9.17) is 0 Å². The van der Waals surface area contributed by atoms with E-state index >= 15 is 0 Å². The second-order valence-corrected chi connectivity index (χ2v) is 8.88. The molecule has 0 atom stereocenters. The van der Waals surface area contributed by atoms with Crippen LogP contribution < -0.4 is 5.32 Å². The molecule has 1 aliphatic rings. The third-order valence-corrected chi connectivity index (χ3v) is 7.02. The summed E-state index contributed by atoms with van der Waals surface area (Å²) in [6.07, 6.45) is 12.5. The molecule has 1 N–H and O–H groups in total. The summed E-state index contributed by atoms with van der Waals surface area (Å²) in [6, 6.07) is 2.27. The highest BCUT2D eigenvalue weighted by Crippen LogP contribution is 2.43. The van der Waals surface area contributed by atoms with Crippen LogP contribution in [0.3, 0.4) is 0 Å². The average Bonchev–Trinajstić information content (AvgIpc) is 2.81. The highest BCUT2D eigenvalue weighted by Gasteiger charge is 2.31. The van der Waals surface area contributed by atoms with Gasteiger partial charge in [0.1, 0.15) is 0 Å². The van der Waals surface area contributed by atoms with Crippen LogP contribution in [0.4, 0.5) is 0 Å². The summed E-state index contributed by atoms with van der Waals surface area (Å²) in [7, 11) is 0. The fraction of sp³-hybridized carbons (Fsp3) is 0.778. The fourth-order valence-corrected chi connectivity index (χ4v) is 5.52. The molecule has 0 spiro atoms. The normalized spacial score (nSPS) is 18.0. The number of nitrogens with one attached hydrogen (secondary N) is 1. The maximum absolute atomic E-state index is 3.73. The lowest BCUT2D eigenvalue weighted by atomic mass is 9.69. The van der Waals surface area contributed by atoms with E-state index in [2.05, 4.69) is 41.2 Å². The van der Waals surface area contributed by atoms with E-state index in [1.807, 2.05) is 11.3 Å². The van der Waals surface area contributed by atoms with Crippen LogP contribution in [0.5, 0.6) is 0 Å². The molecule has 120 valence electrons. The molecule has 0 unspecified atom stereocenters. The fourth-order valence-electron chi connectivity index (χ4n) is 3.66. The van der Waals surface area contributed by atoms with Gasteiger partial charge in [0.25, 0.3) is 0 Å². The molecule has 0 bridgehead atoms. The van der Waals surface area contributed by atoms with Gasteiger partial charge in [-0.2, -0.15) is 0 Å². The van der Waals surface area contributed by atoms with Gasteiger partial charge in [-0.25, -0.2) is 0 Å². The smallest absolute Gasteiger partial charge is 0.0317 e. The zero-order chi connectivity index (χ0) is 15.1. The molecule has 1 heterocycles. The molecule has 0 aliphatic heterocycles. The Kier molecular flexibility index (Phi) is 7.24. The van der Waals surface area contributed by atoms with Crippen molar-refractivity contribution < 1.29 is 0 Å². The van der Waals surface area contributed by atoms with Gasteiger partial charge in [0.2, 0.25) is 0 Å². The number of aryl methyl sites for hydroxylation is 2. The summed E-state index contributed by atoms with van der Waals surface area (Å²) < 4.78 is 1.33. The molecule has 3 heteroatoms. The SMILES string of the molecule is CCCNCCC1(CCc2sc(C)cc2Br)CCCCC1. The van der Waals surface area contributed by atoms with Crippen molar-refractivity contribution in [2.75, 3.05) is 13.1 Å². The lowest BCUT2D eigenvalue weighted by Gasteiger charge is -2.38. The average molecular weight is 372 g/mol. The number of hydrogen-bond donors (Lipinski definition) is 1. The number of halogens is 1. The minimum Gasteiger partial charge on any atom is -0.317 e. The van der Waals surface area contributed by atoms with Crippen molar-refractivity contribution in [3.8, 4) is 0 Å². The van der Waals surface area contributed by atoms with Crippen molar-refractivity contribution in [1.82, 2.24) is 5.32 Å². The van der Waals surface area contributed by atoms with Crippen LogP contribution >= 0.6 is 27.3 Å². The number of rotatable bonds is 8. The van der Waals surface area contributed by atoms with Crippen molar-refractivity contribution in [3.63, 3.8) is 0 Å². The maximum atomic E-state index is 3.73. The van der Waals surface area contributed by atoms with Crippen molar-refractivity contribution in [2.45, 2.75) is 71.6 Å². The van der Waals surface area contributed by atoms with Crippen LogP contribution in [-0.4, -0.2) is 13.1 Å². The lowest BCUT2D eigenvalue weighted by Crippen LogP contribution is -2.30. The predicted octanol–water partition coefficient (Wildman–Crippen LogP) is 6.09. The van der Waals surface area contributed by atoms with E-state index in [9.17, 15) is 0 Å². The Morgan fingerprint density at radius 2 is 1.95 bits per heavy atom. The molecule has 1 saturated carbocycles. The Morgan fingerprint density at radius 3 is 2.57 bits per heavy atom. The molecule has 0 saturated heterocycles. The Hall–Kier alpha value is 0.140. The Balaban J connectivity index is 1.90. The van der Waals surface area contributed by atoms with Gasteiger partial charge in [-0.15, -0.1) is 11.3 Å². The van der Waals surface area contributed by atoms with Gasteiger partial charge in [-0.1, -0.05) is 26.2 Å². The number of thiophene rings is 1. The summed E-state index contributed by atoms with van der Waals surface area (Å²) in [6.45, 7) is 6.84. The molecule has 1 aromatic heterocycles. The van der Waals surface area contributed by atoms with Crippen molar-refractivity contribution in [3.05, 3.63) is 20.3 Å². The van der Waals surface area contributed by atoms with E-state index in [0.29, 0.717) is 5.41 Å². The van der Waals surface area contributed by atoms with Crippen LogP contribution in [0.2, 0.25) is 0 Å². The monoisotopic (exact) mass is 371 g/mol. The lowest BCUT2D eigenvalue weighted by molar-refractivity contribution is 0.157. The Labute approximate surface area is 143 Å². The molecule has 21 heavy (non-hydrogen) atoms. The van der Waals surface area contributed by atoms with Crippen LogP contribution in [0.1, 0.15) is 68.0 Å². The van der Waals surface area contributed by atoms with Crippen LogP contribution in [0.15, 0.2) is 10.5 Å². The van der Waals surface area contributed by atoms with E-state index in [1.54, 1.807) is 4.88 Å². The van der Waals surface area contributed by atoms with Gasteiger partial charge in [-0.05, 0) is 85.9 Å². The van der Waals surface area contributed by atoms with Crippen molar-refractivity contribution >= 4 is 27.3 Å². The van der Waals surface area contributed by atoms with Crippen molar-refractivity contribution in [2.24, 2.45) is 5.41 Å². The number of hydrogen-bond acceptors (Lipinski definition) is 2. The molecule has 1 nitrogen and oxygen atoms in total. The van der Waals surface area contributed by atoms with Crippen LogP contribution in [-0.2, 0) is 6.42 Å². The first-order valence-electron chi connectivity index (χ1n) is 8.61. The zero-order valence-corrected chi connectivity index (χ0v) is 16.0.